The number of carbonyl (C=O) groups is 1. The second kappa shape index (κ2) is 9.50. The zero-order valence-corrected chi connectivity index (χ0v) is 14.4. The minimum absolute atomic E-state index is 0.128. The van der Waals surface area contributed by atoms with Gasteiger partial charge in [0.25, 0.3) is 0 Å². The molecule has 0 spiro atoms. The van der Waals surface area contributed by atoms with Gasteiger partial charge in [0.2, 0.25) is 0 Å². The maximum atomic E-state index is 10.9. The van der Waals surface area contributed by atoms with Gasteiger partial charge in [-0.2, -0.15) is 0 Å². The summed E-state index contributed by atoms with van der Waals surface area (Å²) < 4.78 is 20.8. The molecule has 0 bridgehead atoms. The van der Waals surface area contributed by atoms with Crippen molar-refractivity contribution < 1.29 is 39.1 Å². The fraction of sp³-hybridized carbons (Fsp3) is 0.933. The Balaban J connectivity index is 2.43. The number of primary amides is 1. The molecule has 9 nitrogen and oxygen atoms in total. The lowest BCUT2D eigenvalue weighted by Gasteiger charge is -2.40. The average molecular weight is 351 g/mol. The van der Waals surface area contributed by atoms with Gasteiger partial charge < -0.3 is 40.0 Å². The van der Waals surface area contributed by atoms with Gasteiger partial charge in [-0.05, 0) is 11.8 Å². The molecule has 1 saturated heterocycles. The third-order valence-electron chi connectivity index (χ3n) is 3.58. The molecule has 1 aliphatic rings. The molecule has 5 N–H and O–H groups in total. The van der Waals surface area contributed by atoms with Crippen LogP contribution in [0.5, 0.6) is 0 Å². The lowest BCUT2D eigenvalue weighted by atomic mass is 9.93. The van der Waals surface area contributed by atoms with Crippen molar-refractivity contribution in [3.63, 3.8) is 0 Å². The van der Waals surface area contributed by atoms with Crippen LogP contribution < -0.4 is 5.73 Å². The zero-order valence-electron chi connectivity index (χ0n) is 14.4. The van der Waals surface area contributed by atoms with Crippen molar-refractivity contribution in [2.75, 3.05) is 26.4 Å². The van der Waals surface area contributed by atoms with E-state index in [1.165, 1.54) is 0 Å². The van der Waals surface area contributed by atoms with Gasteiger partial charge in [-0.25, -0.2) is 4.79 Å². The van der Waals surface area contributed by atoms with Gasteiger partial charge in [0.05, 0.1) is 19.8 Å². The van der Waals surface area contributed by atoms with Crippen LogP contribution in [0, 0.1) is 5.41 Å². The van der Waals surface area contributed by atoms with Crippen LogP contribution in [0.1, 0.15) is 27.2 Å². The number of hydrogen-bond acceptors (Lipinski definition) is 8. The number of nitrogens with two attached hydrogens (primary N) is 1. The third-order valence-corrected chi connectivity index (χ3v) is 3.58. The number of hydrogen-bond donors (Lipinski definition) is 4. The lowest BCUT2D eigenvalue weighted by Crippen LogP contribution is -2.60. The Labute approximate surface area is 141 Å². The topological polar surface area (TPSA) is 141 Å². The molecule has 1 amide bonds. The highest BCUT2D eigenvalue weighted by atomic mass is 16.7. The maximum absolute atomic E-state index is 10.9. The number of carbonyl (C=O) groups excluding carboxylic acids is 1. The predicted octanol–water partition coefficient (Wildman–Crippen LogP) is -0.641. The molecule has 0 aromatic carbocycles. The van der Waals surface area contributed by atoms with Gasteiger partial charge in [-0.3, -0.25) is 0 Å². The quantitative estimate of drug-likeness (QED) is 0.423. The van der Waals surface area contributed by atoms with E-state index in [4.69, 9.17) is 24.7 Å². The molecule has 1 rings (SSSR count). The van der Waals surface area contributed by atoms with Crippen molar-refractivity contribution in [3.8, 4) is 0 Å². The van der Waals surface area contributed by atoms with E-state index >= 15 is 0 Å². The molecule has 0 radical (unpaired) electrons. The van der Waals surface area contributed by atoms with Crippen LogP contribution >= 0.6 is 0 Å². The standard InChI is InChI=1S/C15H29NO8/c1-15(2,3)4-5-21-6-7-22-13-11(19)12(24-14(16)20)10(18)9(8-17)23-13/h9-13,17-19H,4-8H2,1-3H3,(H2,16,20)/t9-,10-,11+,12+,13+/m1/s1. The van der Waals surface area contributed by atoms with Gasteiger partial charge in [0, 0.05) is 6.61 Å². The Hall–Kier alpha value is -0.970. The molecule has 0 aromatic heterocycles. The van der Waals surface area contributed by atoms with Crippen LogP contribution in [-0.4, -0.2) is 78.5 Å². The van der Waals surface area contributed by atoms with E-state index in [0.717, 1.165) is 6.42 Å². The summed E-state index contributed by atoms with van der Waals surface area (Å²) in [5.41, 5.74) is 5.10. The third kappa shape index (κ3) is 6.88. The van der Waals surface area contributed by atoms with E-state index < -0.39 is 43.4 Å². The number of aliphatic hydroxyl groups is 3. The van der Waals surface area contributed by atoms with Gasteiger partial charge in [-0.1, -0.05) is 20.8 Å². The van der Waals surface area contributed by atoms with E-state index in [0.29, 0.717) is 6.61 Å². The molecule has 1 aliphatic heterocycles. The van der Waals surface area contributed by atoms with Gasteiger partial charge >= 0.3 is 6.09 Å². The molecular formula is C15H29NO8. The Morgan fingerprint density at radius 1 is 1.17 bits per heavy atom. The van der Waals surface area contributed by atoms with Crippen molar-refractivity contribution >= 4 is 6.09 Å². The summed E-state index contributed by atoms with van der Waals surface area (Å²) in [7, 11) is 0. The highest BCUT2D eigenvalue weighted by Crippen LogP contribution is 2.24. The summed E-state index contributed by atoms with van der Waals surface area (Å²) in [5.74, 6) is 0. The Kier molecular flexibility index (Phi) is 8.34. The maximum Gasteiger partial charge on any atom is 0.404 e. The average Bonchev–Trinajstić information content (AvgIpc) is 2.47. The van der Waals surface area contributed by atoms with Crippen LogP contribution in [0.3, 0.4) is 0 Å². The van der Waals surface area contributed by atoms with E-state index in [-0.39, 0.29) is 18.6 Å². The van der Waals surface area contributed by atoms with Crippen molar-refractivity contribution in [1.82, 2.24) is 0 Å². The summed E-state index contributed by atoms with van der Waals surface area (Å²) in [4.78, 5) is 10.9. The monoisotopic (exact) mass is 351 g/mol. The predicted molar refractivity (Wildman–Crippen MR) is 83.1 cm³/mol. The van der Waals surface area contributed by atoms with Gasteiger partial charge in [-0.15, -0.1) is 0 Å². The first kappa shape index (κ1) is 21.1. The fourth-order valence-electron chi connectivity index (χ4n) is 2.17. The van der Waals surface area contributed by atoms with Crippen LogP contribution in [0.4, 0.5) is 4.79 Å². The number of rotatable bonds is 8. The Morgan fingerprint density at radius 2 is 1.83 bits per heavy atom. The van der Waals surface area contributed by atoms with Crippen molar-refractivity contribution in [2.24, 2.45) is 11.1 Å². The van der Waals surface area contributed by atoms with Crippen molar-refractivity contribution in [3.05, 3.63) is 0 Å². The summed E-state index contributed by atoms with van der Waals surface area (Å²) in [6, 6.07) is 0. The smallest absolute Gasteiger partial charge is 0.404 e. The molecule has 0 unspecified atom stereocenters. The van der Waals surface area contributed by atoms with E-state index in [1.807, 2.05) is 0 Å². The van der Waals surface area contributed by atoms with Crippen molar-refractivity contribution in [1.29, 1.82) is 0 Å². The second-order valence-electron chi connectivity index (χ2n) is 6.90. The molecule has 1 fully saturated rings. The highest BCUT2D eigenvalue weighted by molar-refractivity contribution is 5.65. The van der Waals surface area contributed by atoms with Crippen LogP contribution in [0.2, 0.25) is 0 Å². The first-order chi connectivity index (χ1) is 11.2. The Morgan fingerprint density at radius 3 is 2.38 bits per heavy atom. The van der Waals surface area contributed by atoms with Gasteiger partial charge in [0.15, 0.2) is 12.4 Å². The van der Waals surface area contributed by atoms with Crippen molar-refractivity contribution in [2.45, 2.75) is 57.9 Å². The molecule has 0 aliphatic carbocycles. The normalized spacial score (nSPS) is 31.0. The molecule has 9 heteroatoms. The summed E-state index contributed by atoms with van der Waals surface area (Å²) in [5, 5.41) is 29.2. The summed E-state index contributed by atoms with van der Waals surface area (Å²) in [6.45, 7) is 6.79. The van der Waals surface area contributed by atoms with Crippen LogP contribution in [0.25, 0.3) is 0 Å². The molecule has 0 saturated carbocycles. The first-order valence-electron chi connectivity index (χ1n) is 7.93. The highest BCUT2D eigenvalue weighted by Gasteiger charge is 2.47. The second-order valence-corrected chi connectivity index (χ2v) is 6.90. The molecule has 0 aromatic rings. The molecule has 5 atom stereocenters. The summed E-state index contributed by atoms with van der Waals surface area (Å²) >= 11 is 0. The number of amides is 1. The molecule has 142 valence electrons. The lowest BCUT2D eigenvalue weighted by molar-refractivity contribution is -0.301. The van der Waals surface area contributed by atoms with E-state index in [9.17, 15) is 20.1 Å². The fourth-order valence-corrected chi connectivity index (χ4v) is 2.17. The minimum Gasteiger partial charge on any atom is -0.441 e. The first-order valence-corrected chi connectivity index (χ1v) is 7.93. The number of ether oxygens (including phenoxy) is 4. The SMILES string of the molecule is CC(C)(C)CCOCCO[C@H]1O[C@H](CO)[C@@H](O)[C@H](OC(N)=O)[C@@H]1O. The van der Waals surface area contributed by atoms with E-state index in [1.54, 1.807) is 0 Å². The molecular weight excluding hydrogens is 322 g/mol. The minimum atomic E-state index is -1.44. The Bertz CT molecular complexity index is 386. The van der Waals surface area contributed by atoms with Crippen LogP contribution in [0.15, 0.2) is 0 Å². The molecule has 24 heavy (non-hydrogen) atoms. The number of aliphatic hydroxyl groups excluding tert-OH is 3. The summed E-state index contributed by atoms with van der Waals surface area (Å²) in [6.07, 6.45) is -6.71. The van der Waals surface area contributed by atoms with E-state index in [2.05, 4.69) is 20.8 Å². The largest absolute Gasteiger partial charge is 0.441 e. The zero-order chi connectivity index (χ0) is 18.3. The van der Waals surface area contributed by atoms with Crippen LogP contribution in [-0.2, 0) is 18.9 Å². The van der Waals surface area contributed by atoms with Gasteiger partial charge in [0.1, 0.15) is 18.3 Å². The molecule has 1 heterocycles.